The summed E-state index contributed by atoms with van der Waals surface area (Å²) in [6.07, 6.45) is 9.34. The Balaban J connectivity index is 1.70. The summed E-state index contributed by atoms with van der Waals surface area (Å²) in [7, 11) is 4.15. The average molecular weight is 327 g/mol. The molecule has 2 aromatic heterocycles. The Labute approximate surface area is 143 Å². The van der Waals surface area contributed by atoms with Gasteiger partial charge < -0.3 is 14.4 Å². The molecule has 6 heteroatoms. The van der Waals surface area contributed by atoms with Gasteiger partial charge in [0.15, 0.2) is 0 Å². The number of carbonyl (C=O) groups is 1. The molecule has 0 aliphatic carbocycles. The van der Waals surface area contributed by atoms with Crippen molar-refractivity contribution in [3.05, 3.63) is 48.3 Å². The van der Waals surface area contributed by atoms with Crippen molar-refractivity contribution >= 4 is 5.91 Å². The summed E-state index contributed by atoms with van der Waals surface area (Å²) in [5.74, 6) is 1.47. The molecule has 24 heavy (non-hydrogen) atoms. The molecule has 1 aliphatic rings. The summed E-state index contributed by atoms with van der Waals surface area (Å²) in [5.41, 5.74) is 0.661. The Kier molecular flexibility index (Phi) is 5.25. The van der Waals surface area contributed by atoms with Gasteiger partial charge in [-0.1, -0.05) is 0 Å². The van der Waals surface area contributed by atoms with Gasteiger partial charge in [-0.25, -0.2) is 4.98 Å². The molecule has 0 saturated carbocycles. The summed E-state index contributed by atoms with van der Waals surface area (Å²) in [6.45, 7) is 3.44. The van der Waals surface area contributed by atoms with Crippen molar-refractivity contribution in [2.45, 2.75) is 25.3 Å². The Morgan fingerprint density at radius 1 is 1.38 bits per heavy atom. The zero-order chi connectivity index (χ0) is 16.9. The van der Waals surface area contributed by atoms with E-state index in [9.17, 15) is 4.79 Å². The lowest BCUT2D eigenvalue weighted by molar-refractivity contribution is 0.0702. The lowest BCUT2D eigenvalue weighted by Crippen LogP contribution is -2.40. The second kappa shape index (κ2) is 7.57. The van der Waals surface area contributed by atoms with Crippen LogP contribution in [0.4, 0.5) is 0 Å². The van der Waals surface area contributed by atoms with Crippen molar-refractivity contribution in [2.75, 3.05) is 33.7 Å². The minimum absolute atomic E-state index is 0.0687. The molecule has 0 radical (unpaired) electrons. The van der Waals surface area contributed by atoms with Crippen LogP contribution in [0.2, 0.25) is 0 Å². The topological polar surface area (TPSA) is 54.3 Å². The predicted octanol–water partition coefficient (Wildman–Crippen LogP) is 1.86. The number of pyridine rings is 1. The largest absolute Gasteiger partial charge is 0.338 e. The SMILES string of the molecule is CN(C)CCn1ccnc1[C@H]1CCCN(C(=O)c2cccnc2)C1. The van der Waals surface area contributed by atoms with E-state index in [1.54, 1.807) is 12.4 Å². The van der Waals surface area contributed by atoms with Crippen LogP contribution in [0.5, 0.6) is 0 Å². The summed E-state index contributed by atoms with van der Waals surface area (Å²) in [5, 5.41) is 0. The molecule has 1 atom stereocenters. The second-order valence-corrected chi connectivity index (χ2v) is 6.61. The molecule has 1 fully saturated rings. The smallest absolute Gasteiger partial charge is 0.255 e. The van der Waals surface area contributed by atoms with Gasteiger partial charge in [-0.15, -0.1) is 0 Å². The minimum Gasteiger partial charge on any atom is -0.338 e. The number of carbonyl (C=O) groups excluding carboxylic acids is 1. The Bertz CT molecular complexity index is 667. The molecule has 3 heterocycles. The maximum absolute atomic E-state index is 12.7. The van der Waals surface area contributed by atoms with Crippen LogP contribution in [-0.4, -0.2) is 64.0 Å². The quantitative estimate of drug-likeness (QED) is 0.841. The van der Waals surface area contributed by atoms with E-state index in [0.717, 1.165) is 44.8 Å². The first-order valence-electron chi connectivity index (χ1n) is 8.50. The van der Waals surface area contributed by atoms with Gasteiger partial charge in [-0.05, 0) is 39.1 Å². The highest BCUT2D eigenvalue weighted by atomic mass is 16.2. The Morgan fingerprint density at radius 3 is 3.00 bits per heavy atom. The van der Waals surface area contributed by atoms with Crippen molar-refractivity contribution in [3.8, 4) is 0 Å². The summed E-state index contributed by atoms with van der Waals surface area (Å²) in [4.78, 5) is 25.4. The van der Waals surface area contributed by atoms with E-state index < -0.39 is 0 Å². The van der Waals surface area contributed by atoms with E-state index in [-0.39, 0.29) is 5.91 Å². The second-order valence-electron chi connectivity index (χ2n) is 6.61. The number of hydrogen-bond donors (Lipinski definition) is 0. The van der Waals surface area contributed by atoms with E-state index >= 15 is 0 Å². The van der Waals surface area contributed by atoms with Crippen LogP contribution < -0.4 is 0 Å². The number of piperidine rings is 1. The van der Waals surface area contributed by atoms with Crippen LogP contribution in [0, 0.1) is 0 Å². The molecular formula is C18H25N5O. The van der Waals surface area contributed by atoms with Crippen molar-refractivity contribution in [1.82, 2.24) is 24.3 Å². The third kappa shape index (κ3) is 3.82. The number of aromatic nitrogens is 3. The van der Waals surface area contributed by atoms with Crippen LogP contribution >= 0.6 is 0 Å². The van der Waals surface area contributed by atoms with E-state index in [2.05, 4.69) is 33.5 Å². The van der Waals surface area contributed by atoms with Crippen molar-refractivity contribution < 1.29 is 4.79 Å². The molecule has 1 amide bonds. The van der Waals surface area contributed by atoms with Crippen LogP contribution in [0.25, 0.3) is 0 Å². The highest BCUT2D eigenvalue weighted by Gasteiger charge is 2.28. The fourth-order valence-electron chi connectivity index (χ4n) is 3.22. The van der Waals surface area contributed by atoms with Gasteiger partial charge >= 0.3 is 0 Å². The molecule has 1 aliphatic heterocycles. The third-order valence-corrected chi connectivity index (χ3v) is 4.52. The van der Waals surface area contributed by atoms with Crippen LogP contribution in [-0.2, 0) is 6.54 Å². The van der Waals surface area contributed by atoms with Crippen LogP contribution in [0.3, 0.4) is 0 Å². The van der Waals surface area contributed by atoms with Gasteiger partial charge in [0.1, 0.15) is 5.82 Å². The molecule has 128 valence electrons. The number of hydrogen-bond acceptors (Lipinski definition) is 4. The highest BCUT2D eigenvalue weighted by molar-refractivity contribution is 5.93. The summed E-state index contributed by atoms with van der Waals surface area (Å²) < 4.78 is 2.22. The molecular weight excluding hydrogens is 302 g/mol. The fraction of sp³-hybridized carbons (Fsp3) is 0.500. The Hall–Kier alpha value is -2.21. The van der Waals surface area contributed by atoms with E-state index in [1.165, 1.54) is 0 Å². The van der Waals surface area contributed by atoms with Crippen LogP contribution in [0.15, 0.2) is 36.9 Å². The standard InChI is InChI=1S/C18H25N5O/c1-21(2)11-12-22-10-8-20-17(22)16-6-4-9-23(14-16)18(24)15-5-3-7-19-13-15/h3,5,7-8,10,13,16H,4,6,9,11-12,14H2,1-2H3/t16-/m0/s1. The number of amides is 1. The van der Waals surface area contributed by atoms with Crippen LogP contribution in [0.1, 0.15) is 34.9 Å². The van der Waals surface area contributed by atoms with Crippen molar-refractivity contribution in [3.63, 3.8) is 0 Å². The lowest BCUT2D eigenvalue weighted by atomic mass is 9.96. The van der Waals surface area contributed by atoms with E-state index in [4.69, 9.17) is 0 Å². The monoisotopic (exact) mass is 327 g/mol. The number of nitrogens with zero attached hydrogens (tertiary/aromatic N) is 5. The van der Waals surface area contributed by atoms with E-state index in [1.807, 2.05) is 29.4 Å². The van der Waals surface area contributed by atoms with Crippen molar-refractivity contribution in [2.24, 2.45) is 0 Å². The van der Waals surface area contributed by atoms with Gasteiger partial charge in [-0.2, -0.15) is 0 Å². The van der Waals surface area contributed by atoms with Gasteiger partial charge in [0.25, 0.3) is 5.91 Å². The Morgan fingerprint density at radius 2 is 2.25 bits per heavy atom. The van der Waals surface area contributed by atoms with Gasteiger partial charge in [-0.3, -0.25) is 9.78 Å². The molecule has 0 aromatic carbocycles. The lowest BCUT2D eigenvalue weighted by Gasteiger charge is -2.32. The maximum atomic E-state index is 12.7. The van der Waals surface area contributed by atoms with Gasteiger partial charge in [0.05, 0.1) is 5.56 Å². The zero-order valence-electron chi connectivity index (χ0n) is 14.4. The average Bonchev–Trinajstić information content (AvgIpc) is 3.09. The molecule has 1 saturated heterocycles. The molecule has 6 nitrogen and oxygen atoms in total. The normalized spacial score (nSPS) is 18.1. The first-order valence-corrected chi connectivity index (χ1v) is 8.50. The van der Waals surface area contributed by atoms with E-state index in [0.29, 0.717) is 11.5 Å². The first-order chi connectivity index (χ1) is 11.6. The number of likely N-dealkylation sites (N-methyl/N-ethyl adjacent to an activating group) is 1. The molecule has 0 spiro atoms. The van der Waals surface area contributed by atoms with Gasteiger partial charge in [0.2, 0.25) is 0 Å². The predicted molar refractivity (Wildman–Crippen MR) is 92.9 cm³/mol. The van der Waals surface area contributed by atoms with Gasteiger partial charge in [0, 0.05) is 56.9 Å². The first kappa shape index (κ1) is 16.6. The summed E-state index contributed by atoms with van der Waals surface area (Å²) in [6, 6.07) is 3.64. The molecule has 2 aromatic rings. The number of rotatable bonds is 5. The highest BCUT2D eigenvalue weighted by Crippen LogP contribution is 2.26. The zero-order valence-corrected chi connectivity index (χ0v) is 14.4. The molecule has 3 rings (SSSR count). The number of imidazole rings is 1. The number of likely N-dealkylation sites (tertiary alicyclic amines) is 1. The maximum Gasteiger partial charge on any atom is 0.255 e. The van der Waals surface area contributed by atoms with Crippen molar-refractivity contribution in [1.29, 1.82) is 0 Å². The molecule has 0 unspecified atom stereocenters. The minimum atomic E-state index is 0.0687. The molecule has 0 bridgehead atoms. The fourth-order valence-corrected chi connectivity index (χ4v) is 3.22. The molecule has 0 N–H and O–H groups in total. The third-order valence-electron chi connectivity index (χ3n) is 4.52. The summed E-state index contributed by atoms with van der Waals surface area (Å²) >= 11 is 0.